The molecule has 16 heavy (non-hydrogen) atoms. The van der Waals surface area contributed by atoms with E-state index in [1.807, 2.05) is 0 Å². The van der Waals surface area contributed by atoms with E-state index in [1.165, 1.54) is 6.08 Å². The Bertz CT molecular complexity index is 339. The van der Waals surface area contributed by atoms with Crippen molar-refractivity contribution in [1.29, 1.82) is 0 Å². The second-order valence-electron chi connectivity index (χ2n) is 4.40. The zero-order chi connectivity index (χ0) is 12.7. The maximum Gasteiger partial charge on any atom is 0.389 e. The van der Waals surface area contributed by atoms with Crippen LogP contribution >= 0.6 is 15.9 Å². The van der Waals surface area contributed by atoms with Crippen LogP contribution in [0.25, 0.3) is 0 Å². The molecular weight excluding hydrogens is 286 g/mol. The monoisotopic (exact) mass is 298 g/mol. The third kappa shape index (κ3) is 2.27. The van der Waals surface area contributed by atoms with Crippen LogP contribution in [0, 0.1) is 17.3 Å². The Labute approximate surface area is 101 Å². The summed E-state index contributed by atoms with van der Waals surface area (Å²) in [5.41, 5.74) is -0.491. The van der Waals surface area contributed by atoms with Gasteiger partial charge < -0.3 is 9.84 Å². The van der Waals surface area contributed by atoms with E-state index in [4.69, 9.17) is 5.11 Å². The lowest BCUT2D eigenvalue weighted by molar-refractivity contribution is -0.183. The average Bonchev–Trinajstić information content (AvgIpc) is 2.68. The second kappa shape index (κ2) is 4.07. The van der Waals surface area contributed by atoms with Crippen molar-refractivity contribution in [2.75, 3.05) is 7.11 Å². The van der Waals surface area contributed by atoms with Gasteiger partial charge >= 0.3 is 12.1 Å². The van der Waals surface area contributed by atoms with Crippen LogP contribution in [0.5, 0.6) is 0 Å². The van der Waals surface area contributed by atoms with Gasteiger partial charge in [0.15, 0.2) is 0 Å². The Hall–Kier alpha value is -0.490. The summed E-state index contributed by atoms with van der Waals surface area (Å²) in [6, 6.07) is 0. The first-order chi connectivity index (χ1) is 7.14. The molecule has 0 aromatic rings. The Kier molecular flexibility index (Phi) is 3.45. The number of aliphatic carboxylic acids is 1. The average molecular weight is 299 g/mol. The molecule has 1 N–H and O–H groups in total. The molecule has 2 unspecified atom stereocenters. The van der Waals surface area contributed by atoms with Gasteiger partial charge in [0.1, 0.15) is 0 Å². The quantitative estimate of drug-likeness (QED) is 0.868. The summed E-state index contributed by atoms with van der Waals surface area (Å²) in [7, 11) is 0.891. The van der Waals surface area contributed by atoms with Gasteiger partial charge in [-0.2, -0.15) is 8.78 Å². The molecule has 1 saturated carbocycles. The van der Waals surface area contributed by atoms with E-state index in [9.17, 15) is 13.6 Å². The highest BCUT2D eigenvalue weighted by Gasteiger charge is 2.61. The number of hydrogen-bond donors (Lipinski definition) is 1. The number of carboxylic acids is 1. The van der Waals surface area contributed by atoms with E-state index in [-0.39, 0.29) is 0 Å². The summed E-state index contributed by atoms with van der Waals surface area (Å²) in [6.07, 6.45) is -2.18. The number of methoxy groups -OCH3 is 1. The van der Waals surface area contributed by atoms with Crippen LogP contribution in [0.1, 0.15) is 13.8 Å². The number of carbonyl (C=O) groups is 1. The van der Waals surface area contributed by atoms with Gasteiger partial charge in [-0.3, -0.25) is 4.79 Å². The van der Waals surface area contributed by atoms with Crippen molar-refractivity contribution in [2.24, 2.45) is 17.3 Å². The van der Waals surface area contributed by atoms with Gasteiger partial charge in [0.2, 0.25) is 0 Å². The largest absolute Gasteiger partial charge is 0.481 e. The number of rotatable bonds is 4. The summed E-state index contributed by atoms with van der Waals surface area (Å²) >= 11 is 2.72. The fraction of sp³-hybridized carbons (Fsp3) is 0.700. The standard InChI is InChI=1S/C10H13BrF2O3/c1-9(2)5(7(9)8(14)15)4-6(11)10(12,13)16-3/h4-5,7H,1-3H3,(H,14,15). The molecule has 0 amide bonds. The van der Waals surface area contributed by atoms with Crippen LogP contribution in [0.2, 0.25) is 0 Å². The summed E-state index contributed by atoms with van der Waals surface area (Å²) in [4.78, 5) is 10.8. The molecule has 92 valence electrons. The molecule has 1 rings (SSSR count). The van der Waals surface area contributed by atoms with Crippen molar-refractivity contribution in [3.05, 3.63) is 10.6 Å². The van der Waals surface area contributed by atoms with Gasteiger partial charge in [0.25, 0.3) is 0 Å². The minimum atomic E-state index is -3.40. The minimum absolute atomic E-state index is 0.402. The number of alkyl halides is 2. The van der Waals surface area contributed by atoms with E-state index < -0.39 is 33.8 Å². The second-order valence-corrected chi connectivity index (χ2v) is 5.25. The molecule has 0 heterocycles. The van der Waals surface area contributed by atoms with Gasteiger partial charge in [-0.15, -0.1) is 0 Å². The smallest absolute Gasteiger partial charge is 0.389 e. The highest BCUT2D eigenvalue weighted by Crippen LogP contribution is 2.60. The summed E-state index contributed by atoms with van der Waals surface area (Å²) in [6.45, 7) is 3.47. The summed E-state index contributed by atoms with van der Waals surface area (Å²) in [5.74, 6) is -1.99. The van der Waals surface area contributed by atoms with Crippen molar-refractivity contribution in [1.82, 2.24) is 0 Å². The number of carboxylic acid groups (broad SMARTS) is 1. The van der Waals surface area contributed by atoms with E-state index >= 15 is 0 Å². The lowest BCUT2D eigenvalue weighted by Gasteiger charge is -2.12. The molecule has 0 bridgehead atoms. The molecule has 1 aliphatic carbocycles. The molecule has 3 nitrogen and oxygen atoms in total. The Balaban J connectivity index is 2.84. The Morgan fingerprint density at radius 3 is 2.38 bits per heavy atom. The van der Waals surface area contributed by atoms with Crippen molar-refractivity contribution in [2.45, 2.75) is 20.0 Å². The minimum Gasteiger partial charge on any atom is -0.481 e. The third-order valence-electron chi connectivity index (χ3n) is 3.04. The maximum atomic E-state index is 13.0. The van der Waals surface area contributed by atoms with Crippen molar-refractivity contribution >= 4 is 21.9 Å². The molecular formula is C10H13BrF2O3. The lowest BCUT2D eigenvalue weighted by Crippen LogP contribution is -2.18. The molecule has 1 fully saturated rings. The topological polar surface area (TPSA) is 46.5 Å². The van der Waals surface area contributed by atoms with E-state index in [2.05, 4.69) is 20.7 Å². The predicted octanol–water partition coefficient (Wildman–Crippen LogP) is 2.86. The number of halogens is 3. The maximum absolute atomic E-state index is 13.0. The van der Waals surface area contributed by atoms with Crippen LogP contribution in [0.15, 0.2) is 10.6 Å². The van der Waals surface area contributed by atoms with Crippen molar-refractivity contribution in [3.8, 4) is 0 Å². The molecule has 0 aromatic heterocycles. The van der Waals surface area contributed by atoms with Gasteiger partial charge in [-0.25, -0.2) is 0 Å². The van der Waals surface area contributed by atoms with Crippen LogP contribution in [-0.4, -0.2) is 24.3 Å². The molecule has 0 radical (unpaired) electrons. The van der Waals surface area contributed by atoms with E-state index in [0.717, 1.165) is 7.11 Å². The first-order valence-corrected chi connectivity index (χ1v) is 5.47. The molecule has 0 aliphatic heterocycles. The molecule has 1 aliphatic rings. The summed E-state index contributed by atoms with van der Waals surface area (Å²) < 4.78 is 29.6. The number of allylic oxidation sites excluding steroid dienone is 1. The number of hydrogen-bond acceptors (Lipinski definition) is 2. The van der Waals surface area contributed by atoms with Crippen LogP contribution < -0.4 is 0 Å². The highest BCUT2D eigenvalue weighted by atomic mass is 79.9. The van der Waals surface area contributed by atoms with Crippen molar-refractivity contribution in [3.63, 3.8) is 0 Å². The first-order valence-electron chi connectivity index (χ1n) is 4.68. The zero-order valence-corrected chi connectivity index (χ0v) is 10.7. The third-order valence-corrected chi connectivity index (χ3v) is 3.76. The molecule has 2 atom stereocenters. The van der Waals surface area contributed by atoms with Crippen molar-refractivity contribution < 1.29 is 23.4 Å². The first kappa shape index (κ1) is 13.6. The SMILES string of the molecule is COC(F)(F)C(Br)=CC1C(C(=O)O)C1(C)C. The van der Waals surface area contributed by atoms with Gasteiger partial charge in [0, 0.05) is 7.11 Å². The van der Waals surface area contributed by atoms with Crippen LogP contribution in [0.3, 0.4) is 0 Å². The Morgan fingerprint density at radius 2 is 2.06 bits per heavy atom. The normalized spacial score (nSPS) is 29.0. The lowest BCUT2D eigenvalue weighted by atomic mass is 10.1. The predicted molar refractivity (Wildman–Crippen MR) is 57.4 cm³/mol. The van der Waals surface area contributed by atoms with Crippen LogP contribution in [-0.2, 0) is 9.53 Å². The molecule has 6 heteroatoms. The molecule has 0 aromatic carbocycles. The number of ether oxygens (including phenoxy) is 1. The Morgan fingerprint density at radius 1 is 1.56 bits per heavy atom. The fourth-order valence-corrected chi connectivity index (χ4v) is 2.26. The zero-order valence-electron chi connectivity index (χ0n) is 9.13. The molecule has 0 spiro atoms. The summed E-state index contributed by atoms with van der Waals surface area (Å²) in [5, 5.41) is 8.87. The van der Waals surface area contributed by atoms with Crippen LogP contribution in [0.4, 0.5) is 8.78 Å². The van der Waals surface area contributed by atoms with E-state index in [1.54, 1.807) is 13.8 Å². The van der Waals surface area contributed by atoms with Gasteiger partial charge in [-0.05, 0) is 27.3 Å². The van der Waals surface area contributed by atoms with Gasteiger partial charge in [0.05, 0.1) is 10.4 Å². The van der Waals surface area contributed by atoms with Gasteiger partial charge in [-0.1, -0.05) is 19.9 Å². The van der Waals surface area contributed by atoms with E-state index in [0.29, 0.717) is 0 Å². The highest BCUT2D eigenvalue weighted by molar-refractivity contribution is 9.11. The fourth-order valence-electron chi connectivity index (χ4n) is 1.81. The molecule has 0 saturated heterocycles.